The summed E-state index contributed by atoms with van der Waals surface area (Å²) in [7, 11) is 0. The highest BCUT2D eigenvalue weighted by atomic mass is 15.0. The molecule has 0 aromatic carbocycles. The Balaban J connectivity index is 1.97. The predicted molar refractivity (Wildman–Crippen MR) is 43.0 cm³/mol. The zero-order valence-electron chi connectivity index (χ0n) is 6.77. The van der Waals surface area contributed by atoms with E-state index >= 15 is 0 Å². The van der Waals surface area contributed by atoms with Crippen molar-refractivity contribution in [2.24, 2.45) is 5.92 Å². The molecule has 1 unspecified atom stereocenters. The standard InChI is InChI=1S/C9H17N/c1-7-6-8-4-2-3-5-9(8)10-7/h7-10H,2-6H2,1H3/t7?,8-,9-/m1/s1. The Bertz CT molecular complexity index is 108. The Morgan fingerprint density at radius 3 is 2.80 bits per heavy atom. The summed E-state index contributed by atoms with van der Waals surface area (Å²) in [5.74, 6) is 1.03. The molecule has 0 radical (unpaired) electrons. The molecule has 1 aliphatic heterocycles. The summed E-state index contributed by atoms with van der Waals surface area (Å²) in [5, 5.41) is 3.66. The second-order valence-corrected chi connectivity index (χ2v) is 3.95. The van der Waals surface area contributed by atoms with E-state index in [0.29, 0.717) is 0 Å². The molecule has 0 amide bonds. The van der Waals surface area contributed by atoms with Crippen LogP contribution in [0.1, 0.15) is 39.0 Å². The molecule has 1 aliphatic carbocycles. The van der Waals surface area contributed by atoms with Crippen LogP contribution in [-0.2, 0) is 0 Å². The summed E-state index contributed by atoms with van der Waals surface area (Å²) in [6.45, 7) is 2.32. The maximum absolute atomic E-state index is 3.66. The van der Waals surface area contributed by atoms with E-state index in [-0.39, 0.29) is 0 Å². The van der Waals surface area contributed by atoms with Gasteiger partial charge in [0.25, 0.3) is 0 Å². The molecule has 2 fully saturated rings. The van der Waals surface area contributed by atoms with Gasteiger partial charge >= 0.3 is 0 Å². The first-order valence-corrected chi connectivity index (χ1v) is 4.62. The van der Waals surface area contributed by atoms with Crippen molar-refractivity contribution in [3.05, 3.63) is 0 Å². The van der Waals surface area contributed by atoms with Gasteiger partial charge in [-0.15, -0.1) is 0 Å². The van der Waals surface area contributed by atoms with Gasteiger partial charge in [-0.3, -0.25) is 0 Å². The molecule has 1 saturated heterocycles. The Kier molecular flexibility index (Phi) is 1.69. The molecule has 0 aromatic heterocycles. The van der Waals surface area contributed by atoms with Crippen LogP contribution in [0.3, 0.4) is 0 Å². The van der Waals surface area contributed by atoms with E-state index in [4.69, 9.17) is 0 Å². The van der Waals surface area contributed by atoms with E-state index in [1.807, 2.05) is 0 Å². The van der Waals surface area contributed by atoms with Crippen molar-refractivity contribution in [3.63, 3.8) is 0 Å². The molecule has 1 heteroatoms. The molecule has 0 aromatic rings. The lowest BCUT2D eigenvalue weighted by atomic mass is 9.85. The van der Waals surface area contributed by atoms with Crippen molar-refractivity contribution >= 4 is 0 Å². The van der Waals surface area contributed by atoms with Gasteiger partial charge in [-0.05, 0) is 32.1 Å². The zero-order chi connectivity index (χ0) is 6.97. The molecule has 2 rings (SSSR count). The van der Waals surface area contributed by atoms with Gasteiger partial charge in [0, 0.05) is 12.1 Å². The van der Waals surface area contributed by atoms with Gasteiger partial charge in [0.05, 0.1) is 0 Å². The lowest BCUT2D eigenvalue weighted by Gasteiger charge is -2.24. The van der Waals surface area contributed by atoms with Crippen LogP contribution in [-0.4, -0.2) is 12.1 Å². The first kappa shape index (κ1) is 6.66. The highest BCUT2D eigenvalue weighted by Gasteiger charge is 2.32. The number of nitrogens with one attached hydrogen (secondary N) is 1. The molecule has 3 atom stereocenters. The lowest BCUT2D eigenvalue weighted by Crippen LogP contribution is -2.31. The molecule has 10 heavy (non-hydrogen) atoms. The molecule has 1 N–H and O–H groups in total. The summed E-state index contributed by atoms with van der Waals surface area (Å²) in [4.78, 5) is 0. The summed E-state index contributed by atoms with van der Waals surface area (Å²) in [6, 6.07) is 1.69. The molecular formula is C9H17N. The molecule has 2 aliphatic rings. The summed E-state index contributed by atoms with van der Waals surface area (Å²) < 4.78 is 0. The Hall–Kier alpha value is -0.0400. The SMILES string of the molecule is CC1C[C@H]2CCCC[C@H]2N1. The number of hydrogen-bond donors (Lipinski definition) is 1. The van der Waals surface area contributed by atoms with Crippen LogP contribution < -0.4 is 5.32 Å². The quantitative estimate of drug-likeness (QED) is 0.540. The largest absolute Gasteiger partial charge is 0.311 e. The van der Waals surface area contributed by atoms with Crippen molar-refractivity contribution < 1.29 is 0 Å². The third-order valence-corrected chi connectivity index (χ3v) is 3.06. The fraction of sp³-hybridized carbons (Fsp3) is 1.00. The Morgan fingerprint density at radius 1 is 1.20 bits per heavy atom. The van der Waals surface area contributed by atoms with Crippen LogP contribution in [0.4, 0.5) is 0 Å². The molecule has 58 valence electrons. The van der Waals surface area contributed by atoms with Crippen LogP contribution in [0.25, 0.3) is 0 Å². The summed E-state index contributed by atoms with van der Waals surface area (Å²) in [5.41, 5.74) is 0. The highest BCUT2D eigenvalue weighted by molar-refractivity contribution is 4.90. The third kappa shape index (κ3) is 1.07. The summed E-state index contributed by atoms with van der Waals surface area (Å²) in [6.07, 6.45) is 7.30. The highest BCUT2D eigenvalue weighted by Crippen LogP contribution is 2.32. The maximum atomic E-state index is 3.66. The minimum absolute atomic E-state index is 0.799. The van der Waals surface area contributed by atoms with Crippen LogP contribution in [0.5, 0.6) is 0 Å². The van der Waals surface area contributed by atoms with Crippen molar-refractivity contribution in [2.45, 2.75) is 51.1 Å². The van der Waals surface area contributed by atoms with Crippen molar-refractivity contribution in [2.75, 3.05) is 0 Å². The van der Waals surface area contributed by atoms with E-state index in [2.05, 4.69) is 12.2 Å². The van der Waals surface area contributed by atoms with Crippen molar-refractivity contribution in [1.29, 1.82) is 0 Å². The molecule has 0 bridgehead atoms. The zero-order valence-corrected chi connectivity index (χ0v) is 6.77. The first-order chi connectivity index (χ1) is 4.86. The lowest BCUT2D eigenvalue weighted by molar-refractivity contribution is 0.325. The van der Waals surface area contributed by atoms with Gasteiger partial charge in [-0.2, -0.15) is 0 Å². The number of fused-ring (bicyclic) bond motifs is 1. The van der Waals surface area contributed by atoms with E-state index < -0.39 is 0 Å². The van der Waals surface area contributed by atoms with E-state index in [0.717, 1.165) is 18.0 Å². The minimum Gasteiger partial charge on any atom is -0.311 e. The average Bonchev–Trinajstić information content (AvgIpc) is 2.27. The van der Waals surface area contributed by atoms with Gasteiger partial charge in [0.15, 0.2) is 0 Å². The fourth-order valence-corrected chi connectivity index (χ4v) is 2.60. The maximum Gasteiger partial charge on any atom is 0.00983 e. The second kappa shape index (κ2) is 2.54. The predicted octanol–water partition coefficient (Wildman–Crippen LogP) is 1.93. The van der Waals surface area contributed by atoms with Crippen LogP contribution in [0.2, 0.25) is 0 Å². The Labute approximate surface area is 63.2 Å². The minimum atomic E-state index is 0.799. The first-order valence-electron chi connectivity index (χ1n) is 4.62. The van der Waals surface area contributed by atoms with E-state index in [1.54, 1.807) is 0 Å². The van der Waals surface area contributed by atoms with Gasteiger partial charge in [0.2, 0.25) is 0 Å². The Morgan fingerprint density at radius 2 is 2.00 bits per heavy atom. The third-order valence-electron chi connectivity index (χ3n) is 3.06. The topological polar surface area (TPSA) is 12.0 Å². The summed E-state index contributed by atoms with van der Waals surface area (Å²) >= 11 is 0. The second-order valence-electron chi connectivity index (χ2n) is 3.95. The molecule has 0 spiro atoms. The van der Waals surface area contributed by atoms with Crippen LogP contribution >= 0.6 is 0 Å². The molecular weight excluding hydrogens is 122 g/mol. The van der Waals surface area contributed by atoms with Gasteiger partial charge in [-0.25, -0.2) is 0 Å². The van der Waals surface area contributed by atoms with E-state index in [1.165, 1.54) is 32.1 Å². The molecule has 1 saturated carbocycles. The average molecular weight is 139 g/mol. The van der Waals surface area contributed by atoms with Gasteiger partial charge in [-0.1, -0.05) is 12.8 Å². The smallest absolute Gasteiger partial charge is 0.00983 e. The van der Waals surface area contributed by atoms with Crippen molar-refractivity contribution in [1.82, 2.24) is 5.32 Å². The number of rotatable bonds is 0. The van der Waals surface area contributed by atoms with Crippen LogP contribution in [0, 0.1) is 5.92 Å². The molecule has 1 heterocycles. The van der Waals surface area contributed by atoms with Gasteiger partial charge in [0.1, 0.15) is 0 Å². The van der Waals surface area contributed by atoms with Gasteiger partial charge < -0.3 is 5.32 Å². The van der Waals surface area contributed by atoms with Crippen LogP contribution in [0.15, 0.2) is 0 Å². The monoisotopic (exact) mass is 139 g/mol. The number of hydrogen-bond acceptors (Lipinski definition) is 1. The van der Waals surface area contributed by atoms with Crippen molar-refractivity contribution in [3.8, 4) is 0 Å². The van der Waals surface area contributed by atoms with E-state index in [9.17, 15) is 0 Å². The molecule has 1 nitrogen and oxygen atoms in total. The fourth-order valence-electron chi connectivity index (χ4n) is 2.60. The normalized spacial score (nSPS) is 47.1.